The van der Waals surface area contributed by atoms with Crippen LogP contribution in [0.5, 0.6) is 0 Å². The lowest BCUT2D eigenvalue weighted by Crippen LogP contribution is -2.38. The second-order valence-corrected chi connectivity index (χ2v) is 6.74. The largest absolute Gasteiger partial charge is 0.351 e. The van der Waals surface area contributed by atoms with E-state index in [-0.39, 0.29) is 17.6 Å². The maximum absolute atomic E-state index is 13.0. The molecule has 1 aromatic carbocycles. The molecule has 2 aromatic rings. The first-order valence-corrected chi connectivity index (χ1v) is 8.77. The monoisotopic (exact) mass is 352 g/mol. The summed E-state index contributed by atoms with van der Waals surface area (Å²) in [5.41, 5.74) is 3.95. The highest BCUT2D eigenvalue weighted by Crippen LogP contribution is 2.27. The Morgan fingerprint density at radius 2 is 2.08 bits per heavy atom. The summed E-state index contributed by atoms with van der Waals surface area (Å²) >= 11 is 0. The van der Waals surface area contributed by atoms with Crippen LogP contribution in [0.15, 0.2) is 24.3 Å². The first-order chi connectivity index (χ1) is 12.5. The van der Waals surface area contributed by atoms with Crippen molar-refractivity contribution in [1.82, 2.24) is 20.0 Å². The Bertz CT molecular complexity index is 916. The van der Waals surface area contributed by atoms with Gasteiger partial charge in [0.15, 0.2) is 5.78 Å². The summed E-state index contributed by atoms with van der Waals surface area (Å²) in [6.45, 7) is 3.53. The van der Waals surface area contributed by atoms with Crippen LogP contribution in [0.4, 0.5) is 0 Å². The SMILES string of the molecule is CC(=O)NCc1cc2n(n1)CCN(C(=O)c1cccc3c1CCC3=O)C2. The molecule has 0 atom stereocenters. The number of ketones is 1. The normalized spacial score (nSPS) is 15.6. The average Bonchev–Trinajstić information content (AvgIpc) is 3.22. The third-order valence-corrected chi connectivity index (χ3v) is 4.96. The Morgan fingerprint density at radius 3 is 2.88 bits per heavy atom. The lowest BCUT2D eigenvalue weighted by molar-refractivity contribution is -0.119. The number of hydrogen-bond donors (Lipinski definition) is 1. The summed E-state index contributed by atoms with van der Waals surface area (Å²) < 4.78 is 1.89. The van der Waals surface area contributed by atoms with Gasteiger partial charge in [0.05, 0.1) is 31.0 Å². The van der Waals surface area contributed by atoms with Gasteiger partial charge < -0.3 is 10.2 Å². The van der Waals surface area contributed by atoms with Crippen molar-refractivity contribution in [3.05, 3.63) is 52.3 Å². The Balaban J connectivity index is 1.53. The summed E-state index contributed by atoms with van der Waals surface area (Å²) in [4.78, 5) is 37.8. The van der Waals surface area contributed by atoms with Crippen molar-refractivity contribution in [1.29, 1.82) is 0 Å². The number of benzene rings is 1. The Kier molecular flexibility index (Phi) is 4.06. The summed E-state index contributed by atoms with van der Waals surface area (Å²) in [7, 11) is 0. The van der Waals surface area contributed by atoms with Gasteiger partial charge in [0.2, 0.25) is 5.91 Å². The zero-order chi connectivity index (χ0) is 18.3. The number of nitrogens with zero attached hydrogens (tertiary/aromatic N) is 3. The smallest absolute Gasteiger partial charge is 0.254 e. The van der Waals surface area contributed by atoms with E-state index >= 15 is 0 Å². The molecule has 0 saturated heterocycles. The molecule has 0 unspecified atom stereocenters. The number of amides is 2. The van der Waals surface area contributed by atoms with E-state index in [1.807, 2.05) is 16.8 Å². The number of rotatable bonds is 3. The van der Waals surface area contributed by atoms with Crippen LogP contribution in [0, 0.1) is 0 Å². The van der Waals surface area contributed by atoms with Crippen LogP contribution in [-0.2, 0) is 30.8 Å². The number of nitrogens with one attached hydrogen (secondary N) is 1. The van der Waals surface area contributed by atoms with Gasteiger partial charge in [-0.05, 0) is 24.1 Å². The van der Waals surface area contributed by atoms with Gasteiger partial charge in [-0.1, -0.05) is 12.1 Å². The zero-order valence-corrected chi connectivity index (χ0v) is 14.6. The fraction of sp³-hybridized carbons (Fsp3) is 0.368. The number of carbonyl (C=O) groups is 3. The van der Waals surface area contributed by atoms with Crippen LogP contribution in [0.25, 0.3) is 0 Å². The minimum absolute atomic E-state index is 0.0348. The van der Waals surface area contributed by atoms with Crippen molar-refractivity contribution in [2.75, 3.05) is 6.54 Å². The highest BCUT2D eigenvalue weighted by atomic mass is 16.2. The predicted octanol–water partition coefficient (Wildman–Crippen LogP) is 1.30. The van der Waals surface area contributed by atoms with E-state index in [2.05, 4.69) is 10.4 Å². The third kappa shape index (κ3) is 2.89. The Morgan fingerprint density at radius 1 is 1.23 bits per heavy atom. The molecule has 1 aliphatic carbocycles. The molecule has 134 valence electrons. The number of carbonyl (C=O) groups excluding carboxylic acids is 3. The van der Waals surface area contributed by atoms with E-state index < -0.39 is 0 Å². The molecular formula is C19H20N4O3. The lowest BCUT2D eigenvalue weighted by atomic mass is 10.0. The van der Waals surface area contributed by atoms with Gasteiger partial charge in [-0.25, -0.2) is 0 Å². The van der Waals surface area contributed by atoms with Gasteiger partial charge in [0.25, 0.3) is 5.91 Å². The van der Waals surface area contributed by atoms with Crippen LogP contribution in [0.1, 0.15) is 51.0 Å². The van der Waals surface area contributed by atoms with Gasteiger partial charge in [0.1, 0.15) is 0 Å². The fourth-order valence-corrected chi connectivity index (χ4v) is 3.66. The van der Waals surface area contributed by atoms with Crippen molar-refractivity contribution in [2.24, 2.45) is 0 Å². The van der Waals surface area contributed by atoms with Crippen molar-refractivity contribution in [3.8, 4) is 0 Å². The van der Waals surface area contributed by atoms with Crippen molar-refractivity contribution in [3.63, 3.8) is 0 Å². The molecule has 4 rings (SSSR count). The Hall–Kier alpha value is -2.96. The maximum Gasteiger partial charge on any atom is 0.254 e. The van der Waals surface area contributed by atoms with E-state index in [9.17, 15) is 14.4 Å². The molecule has 1 aromatic heterocycles. The quantitative estimate of drug-likeness (QED) is 0.902. The molecule has 0 bridgehead atoms. The lowest BCUT2D eigenvalue weighted by Gasteiger charge is -2.28. The van der Waals surface area contributed by atoms with E-state index in [1.54, 1.807) is 17.0 Å². The van der Waals surface area contributed by atoms with Crippen LogP contribution < -0.4 is 5.32 Å². The molecule has 1 N–H and O–H groups in total. The first-order valence-electron chi connectivity index (χ1n) is 8.77. The van der Waals surface area contributed by atoms with Gasteiger partial charge in [-0.3, -0.25) is 19.1 Å². The van der Waals surface area contributed by atoms with Crippen molar-refractivity contribution < 1.29 is 14.4 Å². The molecule has 0 fully saturated rings. The predicted molar refractivity (Wildman–Crippen MR) is 93.6 cm³/mol. The number of Topliss-reactive ketones (excluding diaryl/α,β-unsaturated/α-hetero) is 1. The molecule has 2 aliphatic rings. The molecule has 7 heteroatoms. The van der Waals surface area contributed by atoms with Crippen LogP contribution in [0.3, 0.4) is 0 Å². The van der Waals surface area contributed by atoms with Gasteiger partial charge >= 0.3 is 0 Å². The van der Waals surface area contributed by atoms with Crippen LogP contribution in [0.2, 0.25) is 0 Å². The Labute approximate surface area is 151 Å². The molecule has 0 radical (unpaired) electrons. The minimum Gasteiger partial charge on any atom is -0.351 e. The zero-order valence-electron chi connectivity index (χ0n) is 14.6. The van der Waals surface area contributed by atoms with Crippen molar-refractivity contribution >= 4 is 17.6 Å². The summed E-state index contributed by atoms with van der Waals surface area (Å²) in [6, 6.07) is 7.33. The first kappa shape index (κ1) is 16.5. The molecular weight excluding hydrogens is 332 g/mol. The van der Waals surface area contributed by atoms with E-state index in [0.29, 0.717) is 50.1 Å². The molecule has 0 spiro atoms. The van der Waals surface area contributed by atoms with Crippen molar-refractivity contribution in [2.45, 2.75) is 39.4 Å². The fourth-order valence-electron chi connectivity index (χ4n) is 3.66. The topological polar surface area (TPSA) is 84.3 Å². The second kappa shape index (κ2) is 6.40. The van der Waals surface area contributed by atoms with E-state index in [1.165, 1.54) is 6.92 Å². The molecule has 2 heterocycles. The second-order valence-electron chi connectivity index (χ2n) is 6.74. The maximum atomic E-state index is 13.0. The van der Waals surface area contributed by atoms with Gasteiger partial charge in [0, 0.05) is 31.0 Å². The molecule has 1 aliphatic heterocycles. The van der Waals surface area contributed by atoms with Crippen LogP contribution in [-0.4, -0.2) is 38.8 Å². The number of fused-ring (bicyclic) bond motifs is 2. The number of aromatic nitrogens is 2. The van der Waals surface area contributed by atoms with E-state index in [4.69, 9.17) is 0 Å². The molecule has 7 nitrogen and oxygen atoms in total. The highest BCUT2D eigenvalue weighted by Gasteiger charge is 2.29. The summed E-state index contributed by atoms with van der Waals surface area (Å²) in [5.74, 6) is -0.0124. The summed E-state index contributed by atoms with van der Waals surface area (Å²) in [5, 5.41) is 7.21. The van der Waals surface area contributed by atoms with Gasteiger partial charge in [-0.15, -0.1) is 0 Å². The summed E-state index contributed by atoms with van der Waals surface area (Å²) in [6.07, 6.45) is 1.13. The standard InChI is InChI=1S/C19H20N4O3/c1-12(24)20-10-13-9-14-11-22(7-8-23(14)21-13)19(26)17-4-2-3-16-15(17)5-6-18(16)25/h2-4,9H,5-8,10-11H2,1H3,(H,20,24). The molecule has 2 amide bonds. The average molecular weight is 352 g/mol. The van der Waals surface area contributed by atoms with E-state index in [0.717, 1.165) is 17.0 Å². The van der Waals surface area contributed by atoms with Gasteiger partial charge in [-0.2, -0.15) is 5.10 Å². The molecule has 0 saturated carbocycles. The third-order valence-electron chi connectivity index (χ3n) is 4.96. The molecule has 26 heavy (non-hydrogen) atoms. The minimum atomic E-state index is -0.0970. The highest BCUT2D eigenvalue weighted by molar-refractivity contribution is 6.05. The number of hydrogen-bond acceptors (Lipinski definition) is 4. The van der Waals surface area contributed by atoms with Crippen LogP contribution >= 0.6 is 0 Å².